The van der Waals surface area contributed by atoms with Gasteiger partial charge in [0.2, 0.25) is 0 Å². The second-order valence-electron chi connectivity index (χ2n) is 7.57. The summed E-state index contributed by atoms with van der Waals surface area (Å²) < 4.78 is 12.5. The first-order valence-electron chi connectivity index (χ1n) is 9.06. The molecule has 1 fully saturated rings. The summed E-state index contributed by atoms with van der Waals surface area (Å²) in [5.41, 5.74) is 0.781. The Morgan fingerprint density at radius 3 is 2.35 bits per heavy atom. The maximum atomic E-state index is 6.28. The molecule has 1 aliphatic rings. The molecule has 3 aromatic carbocycles. The molecule has 0 amide bonds. The van der Waals surface area contributed by atoms with Gasteiger partial charge in [-0.05, 0) is 59.2 Å². The molecule has 4 aromatic rings. The van der Waals surface area contributed by atoms with Gasteiger partial charge in [-0.15, -0.1) is 0 Å². The molecule has 0 spiro atoms. The zero-order valence-electron chi connectivity index (χ0n) is 15.2. The first-order valence-corrected chi connectivity index (χ1v) is 9.06. The number of hydrogen-bond acceptors (Lipinski definition) is 3. The Bertz CT molecular complexity index is 1110. The van der Waals surface area contributed by atoms with Gasteiger partial charge in [0.05, 0.1) is 11.7 Å². The van der Waals surface area contributed by atoms with E-state index in [-0.39, 0.29) is 18.8 Å². The zero-order valence-corrected chi connectivity index (χ0v) is 15.2. The van der Waals surface area contributed by atoms with Crippen LogP contribution in [0.3, 0.4) is 0 Å². The van der Waals surface area contributed by atoms with Gasteiger partial charge in [-0.3, -0.25) is 4.98 Å². The number of hydrogen-bond donors (Lipinski definition) is 0. The van der Waals surface area contributed by atoms with Crippen molar-refractivity contribution in [1.29, 1.82) is 0 Å². The van der Waals surface area contributed by atoms with E-state index in [0.29, 0.717) is 0 Å². The van der Waals surface area contributed by atoms with Crippen molar-refractivity contribution in [3.05, 3.63) is 60.9 Å². The highest BCUT2D eigenvalue weighted by Gasteiger charge is 2.44. The Kier molecular flexibility index (Phi) is 3.36. The molecule has 5 rings (SSSR count). The van der Waals surface area contributed by atoms with E-state index < -0.39 is 0 Å². The van der Waals surface area contributed by atoms with E-state index in [1.807, 2.05) is 12.4 Å². The fraction of sp³-hybridized carbons (Fsp3) is 0.227. The average molecular weight is 341 g/mol. The molecule has 0 bridgehead atoms. The van der Waals surface area contributed by atoms with Gasteiger partial charge in [0.25, 0.3) is 0 Å². The number of benzene rings is 3. The van der Waals surface area contributed by atoms with Gasteiger partial charge >= 0.3 is 7.12 Å². The van der Waals surface area contributed by atoms with Crippen molar-refractivity contribution in [3.63, 3.8) is 0 Å². The Hall–Kier alpha value is -2.43. The number of nitrogens with zero attached hydrogens (tertiary/aromatic N) is 1. The lowest BCUT2D eigenvalue weighted by Gasteiger charge is -2.21. The minimum absolute atomic E-state index is 0.0381. The minimum atomic E-state index is -0.360. The first-order chi connectivity index (χ1) is 12.6. The Labute approximate surface area is 153 Å². The van der Waals surface area contributed by atoms with Crippen LogP contribution in [0.15, 0.2) is 60.9 Å². The number of pyridine rings is 1. The summed E-state index contributed by atoms with van der Waals surface area (Å²) in [6.07, 6.45) is 3.85. The lowest BCUT2D eigenvalue weighted by molar-refractivity contribution is 0.0842. The van der Waals surface area contributed by atoms with Crippen LogP contribution in [0.4, 0.5) is 0 Å². The smallest absolute Gasteiger partial charge is 0.402 e. The highest BCUT2D eigenvalue weighted by atomic mass is 16.7. The first kappa shape index (κ1) is 15.8. The van der Waals surface area contributed by atoms with Gasteiger partial charge in [0.15, 0.2) is 0 Å². The molecule has 1 aromatic heterocycles. The van der Waals surface area contributed by atoms with E-state index in [1.165, 1.54) is 26.9 Å². The van der Waals surface area contributed by atoms with Crippen LogP contribution in [-0.4, -0.2) is 23.8 Å². The van der Waals surface area contributed by atoms with Crippen molar-refractivity contribution in [2.75, 3.05) is 0 Å². The summed E-state index contributed by atoms with van der Waals surface area (Å²) in [6.45, 7) is 6.24. The normalized spacial score (nSPS) is 19.7. The largest absolute Gasteiger partial charge is 0.495 e. The van der Waals surface area contributed by atoms with E-state index in [1.54, 1.807) is 0 Å². The van der Waals surface area contributed by atoms with Crippen LogP contribution in [0.25, 0.3) is 32.3 Å². The van der Waals surface area contributed by atoms with Crippen LogP contribution in [0.5, 0.6) is 0 Å². The van der Waals surface area contributed by atoms with E-state index in [4.69, 9.17) is 9.31 Å². The molecule has 26 heavy (non-hydrogen) atoms. The second kappa shape index (κ2) is 5.53. The lowest BCUT2D eigenvalue weighted by Crippen LogP contribution is -2.35. The third-order valence-electron chi connectivity index (χ3n) is 5.67. The Morgan fingerprint density at radius 2 is 1.58 bits per heavy atom. The summed E-state index contributed by atoms with van der Waals surface area (Å²) in [7, 11) is -0.360. The SMILES string of the molecule is CC1OB(c2cccc3c4cnccc4c4ccccc4c23)OC1(C)C. The van der Waals surface area contributed by atoms with Crippen LogP contribution in [-0.2, 0) is 9.31 Å². The van der Waals surface area contributed by atoms with Gasteiger partial charge in [-0.25, -0.2) is 0 Å². The van der Waals surface area contributed by atoms with Gasteiger partial charge < -0.3 is 9.31 Å². The van der Waals surface area contributed by atoms with E-state index in [0.717, 1.165) is 10.8 Å². The molecule has 1 saturated heterocycles. The third-order valence-corrected chi connectivity index (χ3v) is 5.67. The van der Waals surface area contributed by atoms with Crippen LogP contribution >= 0.6 is 0 Å². The third kappa shape index (κ3) is 2.19. The van der Waals surface area contributed by atoms with Crippen molar-refractivity contribution in [2.45, 2.75) is 32.5 Å². The molecule has 1 atom stereocenters. The standard InChI is InChI=1S/C22H20BNO2/c1-14-22(2,3)26-23(25-14)20-10-6-9-18-19-13-24-12-11-16(19)15-7-4-5-8-17(15)21(18)20/h4-14H,1-3H3. The van der Waals surface area contributed by atoms with E-state index in [9.17, 15) is 0 Å². The fourth-order valence-corrected chi connectivity index (χ4v) is 3.96. The topological polar surface area (TPSA) is 31.4 Å². The molecule has 0 N–H and O–H groups in total. The molecule has 0 radical (unpaired) electrons. The molecule has 3 nitrogen and oxygen atoms in total. The van der Waals surface area contributed by atoms with Gasteiger partial charge in [-0.1, -0.05) is 42.5 Å². The maximum Gasteiger partial charge on any atom is 0.495 e. The van der Waals surface area contributed by atoms with Gasteiger partial charge in [0.1, 0.15) is 0 Å². The van der Waals surface area contributed by atoms with Gasteiger partial charge in [0, 0.05) is 17.8 Å². The van der Waals surface area contributed by atoms with Gasteiger partial charge in [-0.2, -0.15) is 0 Å². The zero-order chi connectivity index (χ0) is 17.9. The monoisotopic (exact) mass is 341 g/mol. The van der Waals surface area contributed by atoms with Crippen molar-refractivity contribution >= 4 is 44.9 Å². The van der Waals surface area contributed by atoms with Crippen LogP contribution < -0.4 is 5.46 Å². The number of fused-ring (bicyclic) bond motifs is 6. The maximum absolute atomic E-state index is 6.28. The molecule has 1 aliphatic heterocycles. The van der Waals surface area contributed by atoms with Crippen molar-refractivity contribution in [1.82, 2.24) is 4.98 Å². The summed E-state index contributed by atoms with van der Waals surface area (Å²) >= 11 is 0. The molecule has 2 heterocycles. The predicted octanol–water partition coefficient (Wildman–Crippen LogP) is 4.45. The van der Waals surface area contributed by atoms with Crippen molar-refractivity contribution in [2.24, 2.45) is 0 Å². The van der Waals surface area contributed by atoms with Crippen LogP contribution in [0, 0.1) is 0 Å². The predicted molar refractivity (Wildman–Crippen MR) is 108 cm³/mol. The highest BCUT2D eigenvalue weighted by Crippen LogP contribution is 2.35. The molecule has 1 unspecified atom stereocenters. The Balaban J connectivity index is 1.90. The summed E-state index contributed by atoms with van der Waals surface area (Å²) in [6, 6.07) is 17.0. The fourth-order valence-electron chi connectivity index (χ4n) is 3.96. The van der Waals surface area contributed by atoms with E-state index in [2.05, 4.69) is 74.3 Å². The lowest BCUT2D eigenvalue weighted by atomic mass is 9.74. The molecular weight excluding hydrogens is 321 g/mol. The molecule has 0 aliphatic carbocycles. The number of rotatable bonds is 1. The Morgan fingerprint density at radius 1 is 0.885 bits per heavy atom. The quantitative estimate of drug-likeness (QED) is 0.379. The molecule has 4 heteroatoms. The molecular formula is C22H20BNO2. The minimum Gasteiger partial charge on any atom is -0.402 e. The molecule has 128 valence electrons. The summed E-state index contributed by atoms with van der Waals surface area (Å²) in [5.74, 6) is 0. The van der Waals surface area contributed by atoms with Crippen molar-refractivity contribution < 1.29 is 9.31 Å². The number of aromatic nitrogens is 1. The second-order valence-corrected chi connectivity index (χ2v) is 7.57. The molecule has 0 saturated carbocycles. The summed E-state index contributed by atoms with van der Waals surface area (Å²) in [5, 5.41) is 7.22. The van der Waals surface area contributed by atoms with Crippen LogP contribution in [0.1, 0.15) is 20.8 Å². The highest BCUT2D eigenvalue weighted by molar-refractivity contribution is 6.66. The average Bonchev–Trinajstić information content (AvgIpc) is 2.94. The van der Waals surface area contributed by atoms with Crippen molar-refractivity contribution in [3.8, 4) is 0 Å². The van der Waals surface area contributed by atoms with Crippen LogP contribution in [0.2, 0.25) is 0 Å². The van der Waals surface area contributed by atoms with E-state index >= 15 is 0 Å². The summed E-state index contributed by atoms with van der Waals surface area (Å²) in [4.78, 5) is 4.37.